The van der Waals surface area contributed by atoms with Crippen molar-refractivity contribution in [1.82, 2.24) is 24.8 Å². The molecule has 6 nitrogen and oxygen atoms in total. The van der Waals surface area contributed by atoms with Crippen molar-refractivity contribution >= 4 is 5.91 Å². The lowest BCUT2D eigenvalue weighted by Gasteiger charge is -2.09. The number of hydrogen-bond donors (Lipinski definition) is 1. The van der Waals surface area contributed by atoms with Gasteiger partial charge >= 0.3 is 0 Å². The fraction of sp³-hybridized carbons (Fsp3) is 0.200. The minimum atomic E-state index is -0.0782. The second kappa shape index (κ2) is 8.52. The van der Waals surface area contributed by atoms with E-state index in [1.54, 1.807) is 12.4 Å². The highest BCUT2D eigenvalue weighted by Gasteiger charge is 2.24. The average Bonchev–Trinajstić information content (AvgIpc) is 3.55. The third-order valence-electron chi connectivity index (χ3n) is 5.50. The molecule has 1 fully saturated rings. The fourth-order valence-electron chi connectivity index (χ4n) is 3.58. The Labute approximate surface area is 181 Å². The molecule has 1 aromatic carbocycles. The molecule has 1 aliphatic rings. The highest BCUT2D eigenvalue weighted by atomic mass is 16.1. The van der Waals surface area contributed by atoms with Gasteiger partial charge in [-0.05, 0) is 42.5 Å². The predicted octanol–water partition coefficient (Wildman–Crippen LogP) is 4.35. The van der Waals surface area contributed by atoms with Gasteiger partial charge in [-0.2, -0.15) is 0 Å². The number of benzene rings is 1. The standard InChI is InChI=1S/C25H23N5O/c31-25(29-13-18-8-10-26-11-9-18)23-12-21(17-30(23)16-19-6-7-19)22-14-27-24(28-15-22)20-4-2-1-3-5-20/h1-5,8-12,14-15,17,19H,6-7,13,16H2,(H,29,31). The van der Waals surface area contributed by atoms with Crippen LogP contribution in [0.25, 0.3) is 22.5 Å². The summed E-state index contributed by atoms with van der Waals surface area (Å²) in [6.45, 7) is 1.33. The van der Waals surface area contributed by atoms with Gasteiger partial charge in [0.15, 0.2) is 5.82 Å². The summed E-state index contributed by atoms with van der Waals surface area (Å²) in [6, 6.07) is 15.6. The highest BCUT2D eigenvalue weighted by molar-refractivity contribution is 5.94. The second-order valence-electron chi connectivity index (χ2n) is 7.91. The SMILES string of the molecule is O=C(NCc1ccncc1)c1cc(-c2cnc(-c3ccccc3)nc2)cn1CC1CC1. The van der Waals surface area contributed by atoms with E-state index in [4.69, 9.17) is 0 Å². The van der Waals surface area contributed by atoms with Crippen LogP contribution in [0, 0.1) is 5.92 Å². The molecule has 0 bridgehead atoms. The first kappa shape index (κ1) is 19.2. The van der Waals surface area contributed by atoms with Gasteiger partial charge in [-0.3, -0.25) is 9.78 Å². The number of amides is 1. The van der Waals surface area contributed by atoms with E-state index in [-0.39, 0.29) is 5.91 Å². The minimum absolute atomic E-state index is 0.0782. The summed E-state index contributed by atoms with van der Waals surface area (Å²) in [5.74, 6) is 1.27. The summed E-state index contributed by atoms with van der Waals surface area (Å²) < 4.78 is 2.07. The molecule has 3 aromatic heterocycles. The molecule has 1 amide bonds. The van der Waals surface area contributed by atoms with Crippen molar-refractivity contribution in [3.05, 3.63) is 90.8 Å². The van der Waals surface area contributed by atoms with Crippen LogP contribution < -0.4 is 5.32 Å². The molecule has 0 spiro atoms. The first-order chi connectivity index (χ1) is 15.3. The topological polar surface area (TPSA) is 72.7 Å². The Morgan fingerprint density at radius 1 is 0.968 bits per heavy atom. The van der Waals surface area contributed by atoms with Crippen LogP contribution in [-0.2, 0) is 13.1 Å². The van der Waals surface area contributed by atoms with Gasteiger partial charge in [0, 0.05) is 60.8 Å². The lowest BCUT2D eigenvalue weighted by Crippen LogP contribution is -2.25. The van der Waals surface area contributed by atoms with Crippen molar-refractivity contribution in [2.24, 2.45) is 5.92 Å². The van der Waals surface area contributed by atoms with E-state index >= 15 is 0 Å². The number of carbonyl (C=O) groups is 1. The zero-order valence-electron chi connectivity index (χ0n) is 17.1. The quantitative estimate of drug-likeness (QED) is 0.493. The van der Waals surface area contributed by atoms with Gasteiger partial charge < -0.3 is 9.88 Å². The number of carbonyl (C=O) groups excluding carboxylic acids is 1. The van der Waals surface area contributed by atoms with Crippen molar-refractivity contribution in [3.63, 3.8) is 0 Å². The van der Waals surface area contributed by atoms with Crippen molar-refractivity contribution < 1.29 is 4.79 Å². The van der Waals surface area contributed by atoms with E-state index in [1.807, 2.05) is 67.1 Å². The van der Waals surface area contributed by atoms with Crippen LogP contribution >= 0.6 is 0 Å². The van der Waals surface area contributed by atoms with Crippen LogP contribution in [0.2, 0.25) is 0 Å². The molecule has 1 aliphatic carbocycles. The van der Waals surface area contributed by atoms with Crippen molar-refractivity contribution in [3.8, 4) is 22.5 Å². The third kappa shape index (κ3) is 4.53. The van der Waals surface area contributed by atoms with Crippen LogP contribution in [0.1, 0.15) is 28.9 Å². The van der Waals surface area contributed by atoms with E-state index < -0.39 is 0 Å². The summed E-state index contributed by atoms with van der Waals surface area (Å²) in [5.41, 5.74) is 4.53. The third-order valence-corrected chi connectivity index (χ3v) is 5.50. The Balaban J connectivity index is 1.38. The van der Waals surface area contributed by atoms with Crippen molar-refractivity contribution in [2.75, 3.05) is 0 Å². The van der Waals surface area contributed by atoms with E-state index in [1.165, 1.54) is 12.8 Å². The monoisotopic (exact) mass is 409 g/mol. The van der Waals surface area contributed by atoms with E-state index in [0.29, 0.717) is 24.0 Å². The second-order valence-corrected chi connectivity index (χ2v) is 7.91. The summed E-state index contributed by atoms with van der Waals surface area (Å²) >= 11 is 0. The van der Waals surface area contributed by atoms with E-state index in [9.17, 15) is 4.79 Å². The number of aromatic nitrogens is 4. The molecular weight excluding hydrogens is 386 g/mol. The predicted molar refractivity (Wildman–Crippen MR) is 119 cm³/mol. The number of pyridine rings is 1. The first-order valence-electron chi connectivity index (χ1n) is 10.5. The number of nitrogens with zero attached hydrogens (tertiary/aromatic N) is 4. The van der Waals surface area contributed by atoms with Gasteiger partial charge in [0.1, 0.15) is 5.69 Å². The maximum atomic E-state index is 12.9. The summed E-state index contributed by atoms with van der Waals surface area (Å²) in [5, 5.41) is 3.03. The van der Waals surface area contributed by atoms with Gasteiger partial charge in [-0.1, -0.05) is 30.3 Å². The van der Waals surface area contributed by atoms with Gasteiger partial charge in [0.25, 0.3) is 5.91 Å². The maximum Gasteiger partial charge on any atom is 0.268 e. The normalized spacial score (nSPS) is 13.2. The summed E-state index contributed by atoms with van der Waals surface area (Å²) in [7, 11) is 0. The largest absolute Gasteiger partial charge is 0.347 e. The Hall–Kier alpha value is -3.80. The summed E-state index contributed by atoms with van der Waals surface area (Å²) in [6.07, 6.45) is 11.6. The van der Waals surface area contributed by atoms with Crippen LogP contribution in [-0.4, -0.2) is 25.4 Å². The lowest BCUT2D eigenvalue weighted by atomic mass is 10.1. The Bertz CT molecular complexity index is 1170. The van der Waals surface area contributed by atoms with Gasteiger partial charge in [0.05, 0.1) is 0 Å². The Morgan fingerprint density at radius 3 is 2.42 bits per heavy atom. The fourth-order valence-corrected chi connectivity index (χ4v) is 3.58. The van der Waals surface area contributed by atoms with Crippen molar-refractivity contribution in [2.45, 2.75) is 25.9 Å². The van der Waals surface area contributed by atoms with E-state index in [0.717, 1.165) is 28.8 Å². The van der Waals surface area contributed by atoms with Crippen LogP contribution in [0.15, 0.2) is 79.5 Å². The summed E-state index contributed by atoms with van der Waals surface area (Å²) in [4.78, 5) is 26.0. The smallest absolute Gasteiger partial charge is 0.268 e. The molecule has 31 heavy (non-hydrogen) atoms. The van der Waals surface area contributed by atoms with Crippen molar-refractivity contribution in [1.29, 1.82) is 0 Å². The molecule has 1 saturated carbocycles. The Kier molecular flexibility index (Phi) is 5.27. The zero-order chi connectivity index (χ0) is 21.0. The molecule has 0 aliphatic heterocycles. The molecule has 4 aromatic rings. The van der Waals surface area contributed by atoms with Gasteiger partial charge in [-0.15, -0.1) is 0 Å². The number of nitrogens with one attached hydrogen (secondary N) is 1. The molecule has 3 heterocycles. The Morgan fingerprint density at radius 2 is 1.71 bits per heavy atom. The molecule has 0 saturated heterocycles. The van der Waals surface area contributed by atoms with Crippen LogP contribution in [0.5, 0.6) is 0 Å². The van der Waals surface area contributed by atoms with Crippen LogP contribution in [0.4, 0.5) is 0 Å². The number of hydrogen-bond acceptors (Lipinski definition) is 4. The molecule has 0 unspecified atom stereocenters. The van der Waals surface area contributed by atoms with E-state index in [2.05, 4.69) is 24.8 Å². The molecule has 0 radical (unpaired) electrons. The number of rotatable bonds is 7. The van der Waals surface area contributed by atoms with Crippen LogP contribution in [0.3, 0.4) is 0 Å². The van der Waals surface area contributed by atoms with Gasteiger partial charge in [0.2, 0.25) is 0 Å². The zero-order valence-corrected chi connectivity index (χ0v) is 17.1. The van der Waals surface area contributed by atoms with Gasteiger partial charge in [-0.25, -0.2) is 9.97 Å². The molecule has 154 valence electrons. The first-order valence-corrected chi connectivity index (χ1v) is 10.5. The minimum Gasteiger partial charge on any atom is -0.347 e. The molecule has 6 heteroatoms. The molecule has 5 rings (SSSR count). The molecular formula is C25H23N5O. The highest BCUT2D eigenvalue weighted by Crippen LogP contribution is 2.32. The molecule has 0 atom stereocenters. The molecule has 1 N–H and O–H groups in total. The average molecular weight is 409 g/mol. The lowest BCUT2D eigenvalue weighted by molar-refractivity contribution is 0.0941. The maximum absolute atomic E-state index is 12.9.